The minimum Gasteiger partial charge on any atom is -0.313 e. The number of nitrogens with zero attached hydrogens (tertiary/aromatic N) is 3. The molecule has 1 aliphatic carbocycles. The summed E-state index contributed by atoms with van der Waals surface area (Å²) in [6, 6.07) is 3.92. The SMILES string of the molecule is Cc1cc(F)ccc1C1N=C2C=CC=NC2N(CC2CC2)C1=O. The first-order valence-corrected chi connectivity index (χ1v) is 7.97. The van der Waals surface area contributed by atoms with E-state index in [0.717, 1.165) is 23.4 Å². The summed E-state index contributed by atoms with van der Waals surface area (Å²) in [4.78, 5) is 23.9. The zero-order valence-electron chi connectivity index (χ0n) is 12.9. The number of dihydropyridines is 1. The highest BCUT2D eigenvalue weighted by atomic mass is 19.1. The third-order valence-corrected chi connectivity index (χ3v) is 4.61. The minimum atomic E-state index is -0.599. The lowest BCUT2D eigenvalue weighted by Gasteiger charge is -2.37. The molecular formula is C18H18FN3O. The second-order valence-electron chi connectivity index (χ2n) is 6.42. The van der Waals surface area contributed by atoms with Gasteiger partial charge in [0, 0.05) is 12.8 Å². The number of aliphatic imine (C=N–C) groups is 2. The highest BCUT2D eigenvalue weighted by molar-refractivity contribution is 6.09. The van der Waals surface area contributed by atoms with Crippen molar-refractivity contribution in [2.45, 2.75) is 32.0 Å². The lowest BCUT2D eigenvalue weighted by molar-refractivity contribution is -0.134. The summed E-state index contributed by atoms with van der Waals surface area (Å²) < 4.78 is 13.4. The van der Waals surface area contributed by atoms with Gasteiger partial charge in [-0.15, -0.1) is 0 Å². The quantitative estimate of drug-likeness (QED) is 0.846. The van der Waals surface area contributed by atoms with Gasteiger partial charge in [0.15, 0.2) is 12.2 Å². The average molecular weight is 311 g/mol. The van der Waals surface area contributed by atoms with E-state index in [2.05, 4.69) is 9.98 Å². The van der Waals surface area contributed by atoms with Crippen LogP contribution in [0.15, 0.2) is 40.3 Å². The Hall–Kier alpha value is -2.30. The van der Waals surface area contributed by atoms with Gasteiger partial charge in [0.2, 0.25) is 0 Å². The fraction of sp³-hybridized carbons (Fsp3) is 0.389. The van der Waals surface area contributed by atoms with Crippen molar-refractivity contribution >= 4 is 17.8 Å². The molecular weight excluding hydrogens is 293 g/mol. The topological polar surface area (TPSA) is 45.0 Å². The molecule has 1 aromatic rings. The van der Waals surface area contributed by atoms with Gasteiger partial charge in [0.1, 0.15) is 5.82 Å². The standard InChI is InChI=1S/C18H18FN3O/c1-11-9-13(19)6-7-14(11)16-18(23)22(10-12-4-5-12)17-15(21-16)3-2-8-20-17/h2-3,6-9,12,16-17H,4-5,10H2,1H3. The Morgan fingerprint density at radius 3 is 2.91 bits per heavy atom. The zero-order chi connectivity index (χ0) is 16.0. The van der Waals surface area contributed by atoms with E-state index in [-0.39, 0.29) is 17.9 Å². The summed E-state index contributed by atoms with van der Waals surface area (Å²) in [5.41, 5.74) is 2.33. The molecule has 1 saturated carbocycles. The molecule has 0 N–H and O–H groups in total. The fourth-order valence-corrected chi connectivity index (χ4v) is 3.18. The van der Waals surface area contributed by atoms with Gasteiger partial charge in [-0.3, -0.25) is 14.8 Å². The van der Waals surface area contributed by atoms with E-state index < -0.39 is 6.04 Å². The molecule has 4 rings (SSSR count). The minimum absolute atomic E-state index is 0.0344. The molecule has 0 bridgehead atoms. The van der Waals surface area contributed by atoms with Crippen molar-refractivity contribution in [3.05, 3.63) is 47.3 Å². The van der Waals surface area contributed by atoms with E-state index in [0.29, 0.717) is 5.92 Å². The average Bonchev–Trinajstić information content (AvgIpc) is 3.34. The summed E-state index contributed by atoms with van der Waals surface area (Å²) in [7, 11) is 0. The predicted molar refractivity (Wildman–Crippen MR) is 87.2 cm³/mol. The van der Waals surface area contributed by atoms with Gasteiger partial charge in [-0.25, -0.2) is 4.39 Å². The summed E-state index contributed by atoms with van der Waals surface area (Å²) in [5, 5.41) is 0. The Bertz CT molecular complexity index is 749. The third kappa shape index (κ3) is 2.60. The van der Waals surface area contributed by atoms with Crippen molar-refractivity contribution < 1.29 is 9.18 Å². The highest BCUT2D eigenvalue weighted by Crippen LogP contribution is 2.35. The Morgan fingerprint density at radius 2 is 2.17 bits per heavy atom. The molecule has 0 saturated heterocycles. The summed E-state index contributed by atoms with van der Waals surface area (Å²) in [5.74, 6) is 0.249. The molecule has 0 radical (unpaired) electrons. The predicted octanol–water partition coefficient (Wildman–Crippen LogP) is 2.84. The van der Waals surface area contributed by atoms with Crippen molar-refractivity contribution in [3.8, 4) is 0 Å². The monoisotopic (exact) mass is 311 g/mol. The maximum Gasteiger partial charge on any atom is 0.253 e. The number of carbonyl (C=O) groups excluding carboxylic acids is 1. The van der Waals surface area contributed by atoms with Gasteiger partial charge in [0.25, 0.3) is 5.91 Å². The van der Waals surface area contributed by atoms with Crippen molar-refractivity contribution in [2.75, 3.05) is 6.54 Å². The first-order chi connectivity index (χ1) is 11.1. The third-order valence-electron chi connectivity index (χ3n) is 4.61. The van der Waals surface area contributed by atoms with Crippen LogP contribution in [0.2, 0.25) is 0 Å². The van der Waals surface area contributed by atoms with Crippen molar-refractivity contribution in [1.29, 1.82) is 0 Å². The number of amides is 1. The number of halogens is 1. The Morgan fingerprint density at radius 1 is 1.35 bits per heavy atom. The molecule has 23 heavy (non-hydrogen) atoms. The van der Waals surface area contributed by atoms with Crippen LogP contribution in [-0.2, 0) is 4.79 Å². The second kappa shape index (κ2) is 5.41. The maximum atomic E-state index is 13.4. The molecule has 0 spiro atoms. The molecule has 2 heterocycles. The molecule has 1 amide bonds. The molecule has 2 unspecified atom stereocenters. The maximum absolute atomic E-state index is 13.4. The molecule has 2 atom stereocenters. The van der Waals surface area contributed by atoms with Crippen LogP contribution in [0, 0.1) is 18.7 Å². The van der Waals surface area contributed by atoms with Gasteiger partial charge in [-0.05, 0) is 61.1 Å². The number of hydrogen-bond acceptors (Lipinski definition) is 3. The fourth-order valence-electron chi connectivity index (χ4n) is 3.18. The molecule has 3 aliphatic rings. The number of fused-ring (bicyclic) bond motifs is 1. The number of rotatable bonds is 3. The molecule has 118 valence electrons. The summed E-state index contributed by atoms with van der Waals surface area (Å²) in [6.45, 7) is 2.54. The van der Waals surface area contributed by atoms with Gasteiger partial charge < -0.3 is 4.90 Å². The number of carbonyl (C=O) groups is 1. The summed E-state index contributed by atoms with van der Waals surface area (Å²) >= 11 is 0. The number of allylic oxidation sites excluding steroid dienone is 1. The Balaban J connectivity index is 1.75. The van der Waals surface area contributed by atoms with Gasteiger partial charge in [-0.1, -0.05) is 6.07 Å². The molecule has 0 aromatic heterocycles. The smallest absolute Gasteiger partial charge is 0.253 e. The zero-order valence-corrected chi connectivity index (χ0v) is 12.9. The van der Waals surface area contributed by atoms with Gasteiger partial charge in [0.05, 0.1) is 5.71 Å². The van der Waals surface area contributed by atoms with E-state index in [4.69, 9.17) is 0 Å². The normalized spacial score (nSPS) is 26.3. The second-order valence-corrected chi connectivity index (χ2v) is 6.42. The number of aryl methyl sites for hydroxylation is 1. The first-order valence-electron chi connectivity index (χ1n) is 7.97. The van der Waals surface area contributed by atoms with E-state index >= 15 is 0 Å². The number of hydrogen-bond donors (Lipinski definition) is 0. The van der Waals surface area contributed by atoms with E-state index in [1.807, 2.05) is 24.0 Å². The van der Waals surface area contributed by atoms with Crippen molar-refractivity contribution in [3.63, 3.8) is 0 Å². The lowest BCUT2D eigenvalue weighted by atomic mass is 9.97. The van der Waals surface area contributed by atoms with Gasteiger partial charge in [-0.2, -0.15) is 0 Å². The Labute approximate surface area is 134 Å². The Kier molecular flexibility index (Phi) is 3.36. The van der Waals surface area contributed by atoms with Gasteiger partial charge >= 0.3 is 0 Å². The summed E-state index contributed by atoms with van der Waals surface area (Å²) in [6.07, 6.45) is 7.52. The van der Waals surface area contributed by atoms with E-state index in [9.17, 15) is 9.18 Å². The van der Waals surface area contributed by atoms with E-state index in [1.165, 1.54) is 25.0 Å². The molecule has 2 aliphatic heterocycles. The van der Waals surface area contributed by atoms with Crippen LogP contribution in [0.3, 0.4) is 0 Å². The molecule has 5 heteroatoms. The van der Waals surface area contributed by atoms with Crippen molar-refractivity contribution in [2.24, 2.45) is 15.9 Å². The lowest BCUT2D eigenvalue weighted by Crippen LogP contribution is -2.50. The number of benzene rings is 1. The highest BCUT2D eigenvalue weighted by Gasteiger charge is 2.40. The van der Waals surface area contributed by atoms with Crippen LogP contribution in [0.25, 0.3) is 0 Å². The molecule has 4 nitrogen and oxygen atoms in total. The molecule has 1 aromatic carbocycles. The van der Waals surface area contributed by atoms with Crippen LogP contribution < -0.4 is 0 Å². The molecule has 1 fully saturated rings. The van der Waals surface area contributed by atoms with Crippen LogP contribution in [-0.4, -0.2) is 35.4 Å². The van der Waals surface area contributed by atoms with Crippen molar-refractivity contribution in [1.82, 2.24) is 4.90 Å². The van der Waals surface area contributed by atoms with Crippen LogP contribution in [0.5, 0.6) is 0 Å². The van der Waals surface area contributed by atoms with Crippen LogP contribution >= 0.6 is 0 Å². The first kappa shape index (κ1) is 14.3. The largest absolute Gasteiger partial charge is 0.313 e. The van der Waals surface area contributed by atoms with Crippen LogP contribution in [0.4, 0.5) is 4.39 Å². The van der Waals surface area contributed by atoms with E-state index in [1.54, 1.807) is 12.3 Å². The van der Waals surface area contributed by atoms with Crippen LogP contribution in [0.1, 0.15) is 30.0 Å².